The van der Waals surface area contributed by atoms with Crippen LogP contribution >= 0.6 is 17.2 Å². The van der Waals surface area contributed by atoms with Gasteiger partial charge < -0.3 is 0 Å². The monoisotopic (exact) mass is 334 g/mol. The summed E-state index contributed by atoms with van der Waals surface area (Å²) in [5.41, 5.74) is 1.62. The van der Waals surface area contributed by atoms with Crippen molar-refractivity contribution in [3.05, 3.63) is 48.5 Å². The van der Waals surface area contributed by atoms with Crippen molar-refractivity contribution in [3.63, 3.8) is 0 Å². The Morgan fingerprint density at radius 2 is 1.16 bits per heavy atom. The second-order valence-corrected chi connectivity index (χ2v) is 8.99. The standard InChI is InChI=1S/2C8H12P.Fe/c2*1-7(2)9-8-5-3-4-6-8;/h2*3-7,9H,1-2H3;/q2*-1;+2. The molecule has 0 aliphatic heterocycles. The van der Waals surface area contributed by atoms with Crippen molar-refractivity contribution in [3.8, 4) is 0 Å². The van der Waals surface area contributed by atoms with E-state index >= 15 is 0 Å². The van der Waals surface area contributed by atoms with Crippen molar-refractivity contribution in [2.24, 2.45) is 0 Å². The first-order chi connectivity index (χ1) is 8.58. The molecule has 2 atom stereocenters. The van der Waals surface area contributed by atoms with Crippen molar-refractivity contribution in [1.82, 2.24) is 0 Å². The van der Waals surface area contributed by atoms with Crippen LogP contribution in [0, 0.1) is 0 Å². The minimum absolute atomic E-state index is 0. The van der Waals surface area contributed by atoms with Gasteiger partial charge in [-0.15, -0.1) is 27.8 Å². The van der Waals surface area contributed by atoms with E-state index in [1.165, 1.54) is 10.6 Å². The predicted molar refractivity (Wildman–Crippen MR) is 90.2 cm³/mol. The third-order valence-corrected chi connectivity index (χ3v) is 4.72. The van der Waals surface area contributed by atoms with Gasteiger partial charge in [-0.2, -0.15) is 24.3 Å². The van der Waals surface area contributed by atoms with Gasteiger partial charge in [0, 0.05) is 0 Å². The Hall–Kier alpha value is 0.0795. The van der Waals surface area contributed by atoms with Crippen LogP contribution in [0.15, 0.2) is 48.5 Å². The van der Waals surface area contributed by atoms with Gasteiger partial charge in [-0.1, -0.05) is 27.7 Å². The molecule has 3 heteroatoms. The molecule has 0 aliphatic rings. The SMILES string of the molecule is CC(C)Pc1ccc[cH-]1.CC(C)Pc1ccc[cH-]1.[Fe+2]. The van der Waals surface area contributed by atoms with Gasteiger partial charge in [0.15, 0.2) is 0 Å². The molecule has 19 heavy (non-hydrogen) atoms. The molecule has 0 aromatic heterocycles. The maximum atomic E-state index is 2.26. The third kappa shape index (κ3) is 9.59. The van der Waals surface area contributed by atoms with E-state index in [0.717, 1.165) is 28.5 Å². The van der Waals surface area contributed by atoms with E-state index in [2.05, 4.69) is 76.2 Å². The summed E-state index contributed by atoms with van der Waals surface area (Å²) in [6.45, 7) is 9.02. The molecule has 2 rings (SSSR count). The van der Waals surface area contributed by atoms with Gasteiger partial charge in [0.05, 0.1) is 0 Å². The summed E-state index contributed by atoms with van der Waals surface area (Å²) >= 11 is 0. The van der Waals surface area contributed by atoms with E-state index in [1.807, 2.05) is 0 Å². The molecule has 0 saturated carbocycles. The molecular formula is C16H24FeP2. The number of rotatable bonds is 4. The van der Waals surface area contributed by atoms with E-state index < -0.39 is 0 Å². The van der Waals surface area contributed by atoms with Gasteiger partial charge >= 0.3 is 17.1 Å². The van der Waals surface area contributed by atoms with Crippen molar-refractivity contribution in [2.75, 3.05) is 0 Å². The summed E-state index contributed by atoms with van der Waals surface area (Å²) in [6.07, 6.45) is 0. The van der Waals surface area contributed by atoms with Crippen LogP contribution in [0.5, 0.6) is 0 Å². The van der Waals surface area contributed by atoms with E-state index in [1.54, 1.807) is 0 Å². The Balaban J connectivity index is 0.000000324. The van der Waals surface area contributed by atoms with Crippen LogP contribution in [0.2, 0.25) is 0 Å². The van der Waals surface area contributed by atoms with E-state index in [0.29, 0.717) is 0 Å². The van der Waals surface area contributed by atoms with Gasteiger partial charge in [-0.05, 0) is 11.3 Å². The van der Waals surface area contributed by atoms with Gasteiger partial charge in [0.2, 0.25) is 0 Å². The molecular weight excluding hydrogens is 310 g/mol. The molecule has 0 aliphatic carbocycles. The molecule has 2 aromatic rings. The van der Waals surface area contributed by atoms with Crippen molar-refractivity contribution in [2.45, 2.75) is 39.0 Å². The van der Waals surface area contributed by atoms with Crippen molar-refractivity contribution >= 4 is 27.8 Å². The normalized spacial score (nSPS) is 11.3. The molecule has 0 saturated heterocycles. The van der Waals surface area contributed by atoms with Gasteiger partial charge in [-0.25, -0.2) is 24.3 Å². The van der Waals surface area contributed by atoms with Crippen LogP contribution in [0.25, 0.3) is 0 Å². The molecule has 0 heterocycles. The largest absolute Gasteiger partial charge is 2.00 e. The van der Waals surface area contributed by atoms with Gasteiger partial charge in [-0.3, -0.25) is 0 Å². The zero-order valence-electron chi connectivity index (χ0n) is 12.1. The fourth-order valence-electron chi connectivity index (χ4n) is 1.61. The summed E-state index contributed by atoms with van der Waals surface area (Å²) in [6, 6.07) is 17.2. The predicted octanol–water partition coefficient (Wildman–Crippen LogP) is 4.23. The van der Waals surface area contributed by atoms with Crippen molar-refractivity contribution in [1.29, 1.82) is 0 Å². The molecule has 106 valence electrons. The van der Waals surface area contributed by atoms with Crippen LogP contribution in [0.3, 0.4) is 0 Å². The second kappa shape index (κ2) is 10.8. The van der Waals surface area contributed by atoms with E-state index in [4.69, 9.17) is 0 Å². The summed E-state index contributed by atoms with van der Waals surface area (Å²) in [7, 11) is 1.97. The van der Waals surface area contributed by atoms with Gasteiger partial charge in [0.25, 0.3) is 0 Å². The van der Waals surface area contributed by atoms with Crippen molar-refractivity contribution < 1.29 is 17.1 Å². The van der Waals surface area contributed by atoms with Crippen LogP contribution in [0.4, 0.5) is 0 Å². The van der Waals surface area contributed by atoms with Crippen LogP contribution in [-0.4, -0.2) is 11.3 Å². The first-order valence-corrected chi connectivity index (χ1v) is 8.70. The second-order valence-electron chi connectivity index (χ2n) is 4.95. The zero-order chi connectivity index (χ0) is 13.4. The first-order valence-electron chi connectivity index (χ1n) is 6.54. The molecule has 0 nitrogen and oxygen atoms in total. The zero-order valence-corrected chi connectivity index (χ0v) is 15.2. The Kier molecular flexibility index (Phi) is 10.9. The molecule has 2 unspecified atom stereocenters. The van der Waals surface area contributed by atoms with Crippen LogP contribution < -0.4 is 10.6 Å². The summed E-state index contributed by atoms with van der Waals surface area (Å²) in [4.78, 5) is 0. The Morgan fingerprint density at radius 3 is 1.37 bits per heavy atom. The molecule has 0 N–H and O–H groups in total. The van der Waals surface area contributed by atoms with Crippen LogP contribution in [0.1, 0.15) is 27.7 Å². The van der Waals surface area contributed by atoms with E-state index in [-0.39, 0.29) is 17.1 Å². The summed E-state index contributed by atoms with van der Waals surface area (Å²) in [5.74, 6) is 0. The quantitative estimate of drug-likeness (QED) is 0.446. The summed E-state index contributed by atoms with van der Waals surface area (Å²) in [5, 5.41) is 2.98. The Morgan fingerprint density at radius 1 is 0.789 bits per heavy atom. The fraction of sp³-hybridized carbons (Fsp3) is 0.375. The minimum atomic E-state index is 0. The molecule has 0 amide bonds. The topological polar surface area (TPSA) is 0 Å². The maximum absolute atomic E-state index is 2.26. The smallest absolute Gasteiger partial charge is 0.213 e. The molecule has 2 aromatic carbocycles. The molecule has 0 spiro atoms. The average molecular weight is 334 g/mol. The van der Waals surface area contributed by atoms with E-state index in [9.17, 15) is 0 Å². The first kappa shape index (κ1) is 19.1. The fourth-order valence-corrected chi connectivity index (χ4v) is 3.71. The third-order valence-electron chi connectivity index (χ3n) is 2.24. The molecule has 0 radical (unpaired) electrons. The Bertz CT molecular complexity index is 348. The molecule has 0 bridgehead atoms. The Labute approximate surface area is 132 Å². The maximum Gasteiger partial charge on any atom is 2.00 e. The van der Waals surface area contributed by atoms with Gasteiger partial charge in [0.1, 0.15) is 0 Å². The number of hydrogen-bond donors (Lipinski definition) is 0. The number of hydrogen-bond acceptors (Lipinski definition) is 0. The summed E-state index contributed by atoms with van der Waals surface area (Å²) < 4.78 is 0. The molecule has 0 fully saturated rings. The average Bonchev–Trinajstić information content (AvgIpc) is 2.90. The minimum Gasteiger partial charge on any atom is -0.213 e. The van der Waals surface area contributed by atoms with Crippen LogP contribution in [-0.2, 0) is 17.1 Å².